The van der Waals surface area contributed by atoms with Crippen LogP contribution in [0.4, 0.5) is 11.4 Å². The second kappa shape index (κ2) is 12.8. The van der Waals surface area contributed by atoms with Crippen molar-refractivity contribution in [2.45, 2.75) is 24.9 Å². The molecule has 2 aliphatic heterocycles. The van der Waals surface area contributed by atoms with Crippen molar-refractivity contribution >= 4 is 35.0 Å². The Balaban J connectivity index is 1.14. The number of hydrazone groups is 2. The molecule has 5 aromatic rings. The van der Waals surface area contributed by atoms with Crippen LogP contribution >= 0.6 is 0 Å². The van der Waals surface area contributed by atoms with Gasteiger partial charge in [0.15, 0.2) is 0 Å². The number of hydrogen-bond acceptors (Lipinski definition) is 4. The van der Waals surface area contributed by atoms with Gasteiger partial charge in [0.05, 0.1) is 34.9 Å². The number of allylic oxidation sites excluding steroid dienone is 2. The minimum Gasteiger partial charge on any atom is -0.257 e. The fourth-order valence-electron chi connectivity index (χ4n) is 5.88. The lowest BCUT2D eigenvalue weighted by Gasteiger charge is -2.26. The van der Waals surface area contributed by atoms with Gasteiger partial charge in [0.1, 0.15) is 0 Å². The number of benzene rings is 5. The summed E-state index contributed by atoms with van der Waals surface area (Å²) in [7, 11) is 0. The second-order valence-corrected chi connectivity index (χ2v) is 11.1. The summed E-state index contributed by atoms with van der Waals surface area (Å²) in [6.07, 6.45) is 10.3. The van der Waals surface area contributed by atoms with E-state index >= 15 is 0 Å². The molecule has 4 nitrogen and oxygen atoms in total. The highest BCUT2D eigenvalue weighted by Crippen LogP contribution is 2.39. The molecule has 7 rings (SSSR count). The third-order valence-corrected chi connectivity index (χ3v) is 8.15. The summed E-state index contributed by atoms with van der Waals surface area (Å²) in [5, 5.41) is 14.5. The highest BCUT2D eigenvalue weighted by atomic mass is 15.5. The van der Waals surface area contributed by atoms with Crippen LogP contribution in [0.15, 0.2) is 168 Å². The Bertz CT molecular complexity index is 1660. The maximum atomic E-state index is 5.07. The lowest BCUT2D eigenvalue weighted by Crippen LogP contribution is -2.20. The van der Waals surface area contributed by atoms with Gasteiger partial charge in [-0.1, -0.05) is 133 Å². The zero-order chi connectivity index (χ0) is 29.6. The van der Waals surface area contributed by atoms with E-state index < -0.39 is 0 Å². The Morgan fingerprint density at radius 1 is 0.409 bits per heavy atom. The fraction of sp³-hybridized carbons (Fsp3) is 0.100. The molecule has 2 heterocycles. The first-order valence-corrected chi connectivity index (χ1v) is 15.2. The van der Waals surface area contributed by atoms with Gasteiger partial charge in [-0.05, 0) is 58.7 Å². The van der Waals surface area contributed by atoms with Crippen LogP contribution in [0.3, 0.4) is 0 Å². The van der Waals surface area contributed by atoms with Crippen LogP contribution in [0.5, 0.6) is 0 Å². The lowest BCUT2D eigenvalue weighted by atomic mass is 9.95. The molecular formula is C40H34N4. The van der Waals surface area contributed by atoms with E-state index in [-0.39, 0.29) is 12.1 Å². The Morgan fingerprint density at radius 3 is 1.11 bits per heavy atom. The van der Waals surface area contributed by atoms with Gasteiger partial charge in [-0.3, -0.25) is 10.0 Å². The molecular weight excluding hydrogens is 536 g/mol. The minimum absolute atomic E-state index is 0.122. The number of anilines is 2. The van der Waals surface area contributed by atoms with E-state index in [0.29, 0.717) is 0 Å². The van der Waals surface area contributed by atoms with Crippen molar-refractivity contribution < 1.29 is 0 Å². The zero-order valence-corrected chi connectivity index (χ0v) is 24.5. The molecule has 0 fully saturated rings. The van der Waals surface area contributed by atoms with Gasteiger partial charge in [-0.25, -0.2) is 0 Å². The predicted molar refractivity (Wildman–Crippen MR) is 185 cm³/mol. The van der Waals surface area contributed by atoms with E-state index in [1.807, 2.05) is 12.1 Å². The van der Waals surface area contributed by atoms with E-state index in [4.69, 9.17) is 10.2 Å². The smallest absolute Gasteiger partial charge is 0.0831 e. The molecule has 0 saturated heterocycles. The first kappa shape index (κ1) is 27.4. The molecule has 0 radical (unpaired) electrons. The fourth-order valence-corrected chi connectivity index (χ4v) is 5.88. The summed E-state index contributed by atoms with van der Waals surface area (Å²) < 4.78 is 0. The van der Waals surface area contributed by atoms with Gasteiger partial charge in [0.2, 0.25) is 0 Å². The quantitative estimate of drug-likeness (QED) is 0.186. The zero-order valence-electron chi connectivity index (χ0n) is 24.5. The predicted octanol–water partition coefficient (Wildman–Crippen LogP) is 9.73. The number of hydrogen-bond donors (Lipinski definition) is 0. The SMILES string of the molecule is C(=Cc1ccccc1)C1=NN(c2ccccc2)C(c2ccc(C3CC(C=Cc4ccccc4)=NN3c3ccccc3)cc2)C1. The van der Waals surface area contributed by atoms with Crippen LogP contribution in [0, 0.1) is 0 Å². The van der Waals surface area contributed by atoms with Gasteiger partial charge in [-0.15, -0.1) is 0 Å². The molecule has 0 N–H and O–H groups in total. The average molecular weight is 571 g/mol. The molecule has 4 heteroatoms. The van der Waals surface area contributed by atoms with Gasteiger partial charge < -0.3 is 0 Å². The summed E-state index contributed by atoms with van der Waals surface area (Å²) in [4.78, 5) is 0. The van der Waals surface area contributed by atoms with Crippen molar-refractivity contribution in [2.24, 2.45) is 10.2 Å². The summed E-state index contributed by atoms with van der Waals surface area (Å²) in [5.41, 5.74) is 9.18. The third-order valence-electron chi connectivity index (χ3n) is 8.15. The summed E-state index contributed by atoms with van der Waals surface area (Å²) >= 11 is 0. The summed E-state index contributed by atoms with van der Waals surface area (Å²) in [6.45, 7) is 0. The molecule has 5 aromatic carbocycles. The van der Waals surface area contributed by atoms with E-state index in [0.717, 1.165) is 35.6 Å². The van der Waals surface area contributed by atoms with Crippen LogP contribution < -0.4 is 10.0 Å². The van der Waals surface area contributed by atoms with E-state index in [1.54, 1.807) is 0 Å². The van der Waals surface area contributed by atoms with E-state index in [9.17, 15) is 0 Å². The largest absolute Gasteiger partial charge is 0.257 e. The van der Waals surface area contributed by atoms with Gasteiger partial charge >= 0.3 is 0 Å². The first-order chi connectivity index (χ1) is 21.8. The maximum absolute atomic E-state index is 5.07. The highest BCUT2D eigenvalue weighted by molar-refractivity contribution is 6.01. The summed E-state index contributed by atoms with van der Waals surface area (Å²) in [5.74, 6) is 0. The Morgan fingerprint density at radius 2 is 0.750 bits per heavy atom. The molecule has 2 atom stereocenters. The first-order valence-electron chi connectivity index (χ1n) is 15.2. The van der Waals surface area contributed by atoms with Crippen LogP contribution in [-0.4, -0.2) is 11.4 Å². The Kier molecular flexibility index (Phi) is 7.96. The molecule has 44 heavy (non-hydrogen) atoms. The maximum Gasteiger partial charge on any atom is 0.0831 e. The molecule has 2 aliphatic rings. The highest BCUT2D eigenvalue weighted by Gasteiger charge is 2.31. The molecule has 0 bridgehead atoms. The van der Waals surface area contributed by atoms with Gasteiger partial charge in [0.25, 0.3) is 0 Å². The standard InChI is InChI=1S/C40H34N4/c1-5-13-31(14-6-1)21-27-35-29-39(43(41-35)37-17-9-3-10-18-37)33-23-25-34(26-24-33)40-30-36(28-22-32-15-7-2-8-16-32)42-44(40)38-19-11-4-12-20-38/h1-28,39-40H,29-30H2. The lowest BCUT2D eigenvalue weighted by molar-refractivity contribution is 0.696. The van der Waals surface area contributed by atoms with Crippen molar-refractivity contribution in [3.8, 4) is 0 Å². The van der Waals surface area contributed by atoms with Crippen molar-refractivity contribution in [3.05, 3.63) is 180 Å². The average Bonchev–Trinajstić information content (AvgIpc) is 3.73. The molecule has 0 amide bonds. The molecule has 214 valence electrons. The van der Waals surface area contributed by atoms with Gasteiger partial charge in [-0.2, -0.15) is 10.2 Å². The third kappa shape index (κ3) is 6.16. The van der Waals surface area contributed by atoms with Gasteiger partial charge in [0, 0.05) is 12.8 Å². The van der Waals surface area contributed by atoms with Crippen LogP contribution in [0.2, 0.25) is 0 Å². The molecule has 0 aromatic heterocycles. The summed E-state index contributed by atoms with van der Waals surface area (Å²) in [6, 6.07) is 51.1. The molecule has 2 unspecified atom stereocenters. The van der Waals surface area contributed by atoms with E-state index in [2.05, 4.69) is 168 Å². The number of nitrogens with zero attached hydrogens (tertiary/aromatic N) is 4. The number of para-hydroxylation sites is 2. The van der Waals surface area contributed by atoms with Crippen LogP contribution in [0.25, 0.3) is 12.2 Å². The van der Waals surface area contributed by atoms with Crippen molar-refractivity contribution in [2.75, 3.05) is 10.0 Å². The van der Waals surface area contributed by atoms with Crippen molar-refractivity contribution in [1.29, 1.82) is 0 Å². The van der Waals surface area contributed by atoms with Crippen molar-refractivity contribution in [3.63, 3.8) is 0 Å². The second-order valence-electron chi connectivity index (χ2n) is 11.1. The van der Waals surface area contributed by atoms with Crippen LogP contribution in [0.1, 0.15) is 47.2 Å². The van der Waals surface area contributed by atoms with E-state index in [1.165, 1.54) is 22.3 Å². The van der Waals surface area contributed by atoms with Crippen molar-refractivity contribution in [1.82, 2.24) is 0 Å². The molecule has 0 spiro atoms. The monoisotopic (exact) mass is 570 g/mol. The number of rotatable bonds is 8. The Labute approximate surface area is 259 Å². The van der Waals surface area contributed by atoms with Crippen LogP contribution in [-0.2, 0) is 0 Å². The normalized spacial score (nSPS) is 18.3. The Hall–Kier alpha value is -5.48. The minimum atomic E-state index is 0.122. The topological polar surface area (TPSA) is 31.2 Å². The molecule has 0 saturated carbocycles. The molecule has 0 aliphatic carbocycles.